The second kappa shape index (κ2) is 6.73. The molecule has 3 rings (SSSR count). The third-order valence-corrected chi connectivity index (χ3v) is 4.08. The number of urea groups is 1. The number of likely N-dealkylation sites (tertiary alicyclic amines) is 1. The van der Waals surface area contributed by atoms with Gasteiger partial charge in [0.2, 0.25) is 0 Å². The first-order chi connectivity index (χ1) is 11.1. The van der Waals surface area contributed by atoms with Crippen LogP contribution in [0.15, 0.2) is 34.9 Å². The highest BCUT2D eigenvalue weighted by Crippen LogP contribution is 2.18. The second-order valence-electron chi connectivity index (χ2n) is 5.75. The van der Waals surface area contributed by atoms with Crippen molar-refractivity contribution in [1.29, 1.82) is 0 Å². The highest BCUT2D eigenvalue weighted by Gasteiger charge is 2.27. The zero-order valence-electron chi connectivity index (χ0n) is 13.4. The van der Waals surface area contributed by atoms with Gasteiger partial charge in [0.05, 0.1) is 12.2 Å². The van der Waals surface area contributed by atoms with Crippen LogP contribution in [0.3, 0.4) is 0 Å². The molecule has 6 heteroatoms. The number of para-hydroxylation sites is 1. The lowest BCUT2D eigenvalue weighted by atomic mass is 10.2. The molecule has 1 atom stereocenters. The number of nitrogens with one attached hydrogen (secondary N) is 1. The number of benzene rings is 1. The van der Waals surface area contributed by atoms with E-state index in [1.165, 1.54) is 0 Å². The van der Waals surface area contributed by atoms with Gasteiger partial charge in [0.25, 0.3) is 0 Å². The van der Waals surface area contributed by atoms with E-state index >= 15 is 0 Å². The van der Waals surface area contributed by atoms with E-state index < -0.39 is 0 Å². The minimum Gasteiger partial charge on any atom is -0.489 e. The van der Waals surface area contributed by atoms with Crippen LogP contribution in [0.1, 0.15) is 23.4 Å². The predicted molar refractivity (Wildman–Crippen MR) is 85.3 cm³/mol. The summed E-state index contributed by atoms with van der Waals surface area (Å²) >= 11 is 0. The lowest BCUT2D eigenvalue weighted by Crippen LogP contribution is -2.39. The number of aromatic nitrogens is 1. The van der Waals surface area contributed by atoms with Crippen molar-refractivity contribution in [3.05, 3.63) is 47.3 Å². The van der Waals surface area contributed by atoms with Crippen molar-refractivity contribution in [2.75, 3.05) is 13.1 Å². The van der Waals surface area contributed by atoms with Gasteiger partial charge in [0.1, 0.15) is 17.6 Å². The fourth-order valence-corrected chi connectivity index (χ4v) is 2.73. The highest BCUT2D eigenvalue weighted by atomic mass is 16.5. The van der Waals surface area contributed by atoms with E-state index in [0.29, 0.717) is 19.6 Å². The van der Waals surface area contributed by atoms with Crippen molar-refractivity contribution in [3.8, 4) is 5.75 Å². The summed E-state index contributed by atoms with van der Waals surface area (Å²) in [7, 11) is 0. The number of nitrogens with zero attached hydrogens (tertiary/aromatic N) is 2. The molecule has 1 aromatic heterocycles. The third kappa shape index (κ3) is 3.64. The van der Waals surface area contributed by atoms with Crippen molar-refractivity contribution in [2.24, 2.45) is 0 Å². The number of hydrogen-bond acceptors (Lipinski definition) is 4. The van der Waals surface area contributed by atoms with Crippen LogP contribution in [0.2, 0.25) is 0 Å². The van der Waals surface area contributed by atoms with Gasteiger partial charge in [-0.25, -0.2) is 4.79 Å². The van der Waals surface area contributed by atoms with Gasteiger partial charge in [-0.05, 0) is 26.0 Å². The average molecular weight is 315 g/mol. The van der Waals surface area contributed by atoms with E-state index in [2.05, 4.69) is 10.5 Å². The van der Waals surface area contributed by atoms with Crippen molar-refractivity contribution in [1.82, 2.24) is 15.4 Å². The topological polar surface area (TPSA) is 67.6 Å². The summed E-state index contributed by atoms with van der Waals surface area (Å²) in [5.74, 6) is 1.59. The van der Waals surface area contributed by atoms with Crippen LogP contribution < -0.4 is 10.1 Å². The van der Waals surface area contributed by atoms with E-state index in [0.717, 1.165) is 29.2 Å². The number of carbonyl (C=O) groups is 1. The molecule has 0 unspecified atom stereocenters. The SMILES string of the molecule is Cc1noc(C)c1CNC(=O)N1CC[C@H](Oc2ccccc2)C1. The van der Waals surface area contributed by atoms with Crippen molar-refractivity contribution in [3.63, 3.8) is 0 Å². The van der Waals surface area contributed by atoms with Crippen LogP contribution in [-0.4, -0.2) is 35.3 Å². The Bertz CT molecular complexity index is 649. The van der Waals surface area contributed by atoms with Crippen LogP contribution in [0.25, 0.3) is 0 Å². The smallest absolute Gasteiger partial charge is 0.317 e. The van der Waals surface area contributed by atoms with E-state index in [1.54, 1.807) is 4.90 Å². The molecule has 2 aromatic rings. The fourth-order valence-electron chi connectivity index (χ4n) is 2.73. The summed E-state index contributed by atoms with van der Waals surface area (Å²) in [5.41, 5.74) is 1.75. The van der Waals surface area contributed by atoms with Gasteiger partial charge in [0.15, 0.2) is 0 Å². The van der Waals surface area contributed by atoms with Crippen LogP contribution in [0.4, 0.5) is 4.79 Å². The summed E-state index contributed by atoms with van der Waals surface area (Å²) in [6, 6.07) is 9.62. The van der Waals surface area contributed by atoms with E-state index in [1.807, 2.05) is 44.2 Å². The van der Waals surface area contributed by atoms with Crippen molar-refractivity contribution in [2.45, 2.75) is 32.9 Å². The average Bonchev–Trinajstić information content (AvgIpc) is 3.14. The van der Waals surface area contributed by atoms with Crippen LogP contribution >= 0.6 is 0 Å². The van der Waals surface area contributed by atoms with E-state index in [-0.39, 0.29) is 12.1 Å². The van der Waals surface area contributed by atoms with Crippen LogP contribution in [0.5, 0.6) is 5.75 Å². The van der Waals surface area contributed by atoms with Crippen LogP contribution in [-0.2, 0) is 6.54 Å². The molecule has 0 aliphatic carbocycles. The number of hydrogen-bond donors (Lipinski definition) is 1. The molecule has 0 spiro atoms. The molecule has 122 valence electrons. The van der Waals surface area contributed by atoms with Crippen LogP contribution in [0, 0.1) is 13.8 Å². The first-order valence-corrected chi connectivity index (χ1v) is 7.79. The lowest BCUT2D eigenvalue weighted by molar-refractivity contribution is 0.186. The number of amides is 2. The molecule has 23 heavy (non-hydrogen) atoms. The van der Waals surface area contributed by atoms with Crippen molar-refractivity contribution < 1.29 is 14.1 Å². The minimum absolute atomic E-state index is 0.0437. The van der Waals surface area contributed by atoms with Gasteiger partial charge in [-0.1, -0.05) is 23.4 Å². The summed E-state index contributed by atoms with van der Waals surface area (Å²) in [5, 5.41) is 6.82. The predicted octanol–water partition coefficient (Wildman–Crippen LogP) is 2.65. The highest BCUT2D eigenvalue weighted by molar-refractivity contribution is 5.74. The molecule has 0 bridgehead atoms. The number of aryl methyl sites for hydroxylation is 2. The molecule has 2 heterocycles. The molecule has 2 amide bonds. The molecule has 0 saturated carbocycles. The van der Waals surface area contributed by atoms with Gasteiger partial charge < -0.3 is 19.5 Å². The number of rotatable bonds is 4. The summed E-state index contributed by atoms with van der Waals surface area (Å²) in [4.78, 5) is 14.1. The van der Waals surface area contributed by atoms with Crippen molar-refractivity contribution >= 4 is 6.03 Å². The van der Waals surface area contributed by atoms with Gasteiger partial charge >= 0.3 is 6.03 Å². The minimum atomic E-state index is -0.0795. The van der Waals surface area contributed by atoms with Gasteiger partial charge in [-0.3, -0.25) is 0 Å². The van der Waals surface area contributed by atoms with Gasteiger partial charge in [0, 0.05) is 25.1 Å². The van der Waals surface area contributed by atoms with E-state index in [4.69, 9.17) is 9.26 Å². The molecule has 1 N–H and O–H groups in total. The Kier molecular flexibility index (Phi) is 4.50. The first kappa shape index (κ1) is 15.4. The molecular weight excluding hydrogens is 294 g/mol. The maximum atomic E-state index is 12.3. The summed E-state index contributed by atoms with van der Waals surface area (Å²) in [6.07, 6.45) is 0.885. The molecular formula is C17H21N3O3. The molecule has 6 nitrogen and oxygen atoms in total. The first-order valence-electron chi connectivity index (χ1n) is 7.79. The van der Waals surface area contributed by atoms with Gasteiger partial charge in [-0.15, -0.1) is 0 Å². The number of ether oxygens (including phenoxy) is 1. The number of carbonyl (C=O) groups excluding carboxylic acids is 1. The second-order valence-corrected chi connectivity index (χ2v) is 5.75. The lowest BCUT2D eigenvalue weighted by Gasteiger charge is -2.18. The maximum Gasteiger partial charge on any atom is 0.317 e. The molecule has 1 saturated heterocycles. The normalized spacial score (nSPS) is 17.3. The third-order valence-electron chi connectivity index (χ3n) is 4.08. The Morgan fingerprint density at radius 1 is 1.39 bits per heavy atom. The monoisotopic (exact) mass is 315 g/mol. The molecule has 1 fully saturated rings. The Balaban J connectivity index is 1.49. The molecule has 0 radical (unpaired) electrons. The zero-order chi connectivity index (χ0) is 16.2. The van der Waals surface area contributed by atoms with Gasteiger partial charge in [-0.2, -0.15) is 0 Å². The zero-order valence-corrected chi connectivity index (χ0v) is 13.4. The summed E-state index contributed by atoms with van der Waals surface area (Å²) < 4.78 is 11.0. The maximum absolute atomic E-state index is 12.3. The Hall–Kier alpha value is -2.50. The van der Waals surface area contributed by atoms with E-state index in [9.17, 15) is 4.79 Å². The standard InChI is InChI=1S/C17H21N3O3/c1-12-16(13(2)23-19-12)10-18-17(21)20-9-8-15(11-20)22-14-6-4-3-5-7-14/h3-7,15H,8-11H2,1-2H3,(H,18,21)/t15-/m0/s1. The largest absolute Gasteiger partial charge is 0.489 e. The Morgan fingerprint density at radius 2 is 2.17 bits per heavy atom. The molecule has 1 aliphatic heterocycles. The molecule has 1 aromatic carbocycles. The molecule has 1 aliphatic rings. The Labute approximate surface area is 135 Å². The Morgan fingerprint density at radius 3 is 2.87 bits per heavy atom. The quantitative estimate of drug-likeness (QED) is 0.942. The fraction of sp³-hybridized carbons (Fsp3) is 0.412. The summed E-state index contributed by atoms with van der Waals surface area (Å²) in [6.45, 7) is 5.45.